The predicted octanol–water partition coefficient (Wildman–Crippen LogP) is 1.82. The summed E-state index contributed by atoms with van der Waals surface area (Å²) in [6, 6.07) is 2.28. The van der Waals surface area contributed by atoms with Crippen molar-refractivity contribution in [3.05, 3.63) is 23.7 Å². The number of aryl methyl sites for hydroxylation is 1. The van der Waals surface area contributed by atoms with E-state index in [2.05, 4.69) is 16.7 Å². The summed E-state index contributed by atoms with van der Waals surface area (Å²) in [6.45, 7) is 7.42. The number of carbonyl (C=O) groups is 2. The summed E-state index contributed by atoms with van der Waals surface area (Å²) in [7, 11) is 0. The van der Waals surface area contributed by atoms with Crippen LogP contribution in [-0.2, 0) is 16.0 Å². The zero-order valence-electron chi connectivity index (χ0n) is 15.8. The standard InChI is InChI=1S/C20H29N3O3/c1-3-21-9-7-17(21)20(25)22-12-15-5-4-6-16(13-22)23(15)19(24)11-18-14(2)8-10-26-18/h8,10,15-17H,3-7,9,11-13H2,1-2H3. The lowest BCUT2D eigenvalue weighted by molar-refractivity contribution is -0.155. The molecule has 3 unspecified atom stereocenters. The molecule has 2 bridgehead atoms. The average Bonchev–Trinajstić information content (AvgIpc) is 2.97. The van der Waals surface area contributed by atoms with Gasteiger partial charge in [-0.25, -0.2) is 0 Å². The molecule has 3 atom stereocenters. The van der Waals surface area contributed by atoms with Crippen LogP contribution < -0.4 is 0 Å². The summed E-state index contributed by atoms with van der Waals surface area (Å²) in [6.07, 6.45) is 6.07. The highest BCUT2D eigenvalue weighted by molar-refractivity contribution is 5.84. The van der Waals surface area contributed by atoms with E-state index in [1.54, 1.807) is 6.26 Å². The second-order valence-corrected chi connectivity index (χ2v) is 7.92. The molecule has 142 valence electrons. The second kappa shape index (κ2) is 7.06. The summed E-state index contributed by atoms with van der Waals surface area (Å²) in [5.41, 5.74) is 1.03. The minimum absolute atomic E-state index is 0.0637. The second-order valence-electron chi connectivity index (χ2n) is 7.92. The molecule has 2 amide bonds. The molecule has 0 spiro atoms. The van der Waals surface area contributed by atoms with Gasteiger partial charge in [-0.15, -0.1) is 0 Å². The Balaban J connectivity index is 1.44. The van der Waals surface area contributed by atoms with Crippen LogP contribution in [0.3, 0.4) is 0 Å². The first-order valence-electron chi connectivity index (χ1n) is 9.95. The minimum atomic E-state index is 0.0637. The summed E-state index contributed by atoms with van der Waals surface area (Å²) in [5.74, 6) is 1.17. The molecule has 4 rings (SSSR count). The molecule has 1 aromatic rings. The van der Waals surface area contributed by atoms with E-state index < -0.39 is 0 Å². The Morgan fingerprint density at radius 3 is 2.46 bits per heavy atom. The molecule has 3 fully saturated rings. The van der Waals surface area contributed by atoms with Crippen molar-refractivity contribution in [2.45, 2.75) is 64.1 Å². The smallest absolute Gasteiger partial charge is 0.240 e. The molecule has 3 aliphatic rings. The lowest BCUT2D eigenvalue weighted by atomic mass is 9.89. The van der Waals surface area contributed by atoms with Crippen molar-refractivity contribution in [1.29, 1.82) is 0 Å². The van der Waals surface area contributed by atoms with Gasteiger partial charge in [0.05, 0.1) is 18.7 Å². The minimum Gasteiger partial charge on any atom is -0.469 e. The SMILES string of the molecule is CCN1CCC1C(=O)N1CC2CCCC(C1)N2C(=O)Cc1occc1C. The van der Waals surface area contributed by atoms with E-state index >= 15 is 0 Å². The Morgan fingerprint density at radius 1 is 1.19 bits per heavy atom. The highest BCUT2D eigenvalue weighted by Crippen LogP contribution is 2.31. The zero-order valence-corrected chi connectivity index (χ0v) is 15.8. The maximum absolute atomic E-state index is 13.0. The van der Waals surface area contributed by atoms with E-state index in [1.165, 1.54) is 0 Å². The topological polar surface area (TPSA) is 57.0 Å². The number of likely N-dealkylation sites (tertiary alicyclic amines) is 2. The molecule has 0 saturated carbocycles. The van der Waals surface area contributed by atoms with E-state index in [1.807, 2.05) is 17.9 Å². The van der Waals surface area contributed by atoms with Crippen molar-refractivity contribution in [3.63, 3.8) is 0 Å². The molecule has 1 aromatic heterocycles. The first-order valence-corrected chi connectivity index (χ1v) is 9.95. The van der Waals surface area contributed by atoms with Crippen molar-refractivity contribution in [2.24, 2.45) is 0 Å². The third-order valence-corrected chi connectivity index (χ3v) is 6.43. The Kier molecular flexibility index (Phi) is 4.78. The van der Waals surface area contributed by atoms with Gasteiger partial charge in [0.2, 0.25) is 11.8 Å². The molecule has 0 aromatic carbocycles. The lowest BCUT2D eigenvalue weighted by Crippen LogP contribution is -2.66. The Bertz CT molecular complexity index is 670. The largest absolute Gasteiger partial charge is 0.469 e. The maximum Gasteiger partial charge on any atom is 0.240 e. The molecule has 0 aliphatic carbocycles. The van der Waals surface area contributed by atoms with E-state index in [4.69, 9.17) is 4.42 Å². The fourth-order valence-corrected chi connectivity index (χ4v) is 4.82. The molecular weight excluding hydrogens is 330 g/mol. The van der Waals surface area contributed by atoms with E-state index in [9.17, 15) is 9.59 Å². The van der Waals surface area contributed by atoms with Crippen molar-refractivity contribution < 1.29 is 14.0 Å². The van der Waals surface area contributed by atoms with Crippen LogP contribution in [0.2, 0.25) is 0 Å². The zero-order chi connectivity index (χ0) is 18.3. The number of fused-ring (bicyclic) bond motifs is 2. The molecule has 6 nitrogen and oxygen atoms in total. The quantitative estimate of drug-likeness (QED) is 0.823. The molecule has 3 aliphatic heterocycles. The predicted molar refractivity (Wildman–Crippen MR) is 97.7 cm³/mol. The van der Waals surface area contributed by atoms with Gasteiger partial charge in [0.25, 0.3) is 0 Å². The van der Waals surface area contributed by atoms with Gasteiger partial charge in [-0.2, -0.15) is 0 Å². The molecular formula is C20H29N3O3. The monoisotopic (exact) mass is 359 g/mol. The van der Waals surface area contributed by atoms with Crippen LogP contribution in [0.5, 0.6) is 0 Å². The van der Waals surface area contributed by atoms with Crippen LogP contribution in [-0.4, -0.2) is 70.8 Å². The molecule has 26 heavy (non-hydrogen) atoms. The van der Waals surface area contributed by atoms with Crippen LogP contribution in [0.25, 0.3) is 0 Å². The summed E-state index contributed by atoms with van der Waals surface area (Å²) < 4.78 is 5.47. The molecule has 3 saturated heterocycles. The number of hydrogen-bond acceptors (Lipinski definition) is 4. The van der Waals surface area contributed by atoms with Crippen LogP contribution in [0.15, 0.2) is 16.7 Å². The number of likely N-dealkylation sites (N-methyl/N-ethyl adjacent to an activating group) is 1. The van der Waals surface area contributed by atoms with E-state index in [0.29, 0.717) is 19.5 Å². The van der Waals surface area contributed by atoms with Gasteiger partial charge in [0.15, 0.2) is 0 Å². The van der Waals surface area contributed by atoms with Crippen molar-refractivity contribution in [2.75, 3.05) is 26.2 Å². The van der Waals surface area contributed by atoms with Gasteiger partial charge in [-0.05, 0) is 50.8 Å². The normalized spacial score (nSPS) is 28.8. The fourth-order valence-electron chi connectivity index (χ4n) is 4.82. The van der Waals surface area contributed by atoms with Crippen LogP contribution in [0.4, 0.5) is 0 Å². The van der Waals surface area contributed by atoms with Gasteiger partial charge in [-0.3, -0.25) is 14.5 Å². The maximum atomic E-state index is 13.0. The van der Waals surface area contributed by atoms with Crippen molar-refractivity contribution >= 4 is 11.8 Å². The number of carbonyl (C=O) groups excluding carboxylic acids is 2. The van der Waals surface area contributed by atoms with E-state index in [-0.39, 0.29) is 29.9 Å². The van der Waals surface area contributed by atoms with E-state index in [0.717, 1.165) is 50.1 Å². The number of rotatable bonds is 4. The first kappa shape index (κ1) is 17.6. The molecule has 4 heterocycles. The Hall–Kier alpha value is -1.82. The third kappa shape index (κ3) is 3.04. The van der Waals surface area contributed by atoms with Gasteiger partial charge in [-0.1, -0.05) is 6.92 Å². The highest BCUT2D eigenvalue weighted by atomic mass is 16.3. The van der Waals surface area contributed by atoms with Crippen LogP contribution in [0.1, 0.15) is 43.9 Å². The summed E-state index contributed by atoms with van der Waals surface area (Å²) in [5, 5.41) is 0. The molecule has 6 heteroatoms. The molecule has 0 radical (unpaired) electrons. The summed E-state index contributed by atoms with van der Waals surface area (Å²) >= 11 is 0. The number of furan rings is 1. The van der Waals surface area contributed by atoms with Gasteiger partial charge >= 0.3 is 0 Å². The van der Waals surface area contributed by atoms with Gasteiger partial charge < -0.3 is 14.2 Å². The van der Waals surface area contributed by atoms with Crippen molar-refractivity contribution in [3.8, 4) is 0 Å². The fraction of sp³-hybridized carbons (Fsp3) is 0.700. The molecule has 0 N–H and O–H groups in total. The van der Waals surface area contributed by atoms with Crippen LogP contribution in [0, 0.1) is 6.92 Å². The Labute approximate surface area is 155 Å². The lowest BCUT2D eigenvalue weighted by Gasteiger charge is -2.52. The number of piperidine rings is 1. The number of amides is 2. The summed E-state index contributed by atoms with van der Waals surface area (Å²) in [4.78, 5) is 32.2. The Morgan fingerprint density at radius 2 is 1.92 bits per heavy atom. The highest BCUT2D eigenvalue weighted by Gasteiger charge is 2.44. The van der Waals surface area contributed by atoms with Crippen molar-refractivity contribution in [1.82, 2.24) is 14.7 Å². The van der Waals surface area contributed by atoms with Crippen LogP contribution >= 0.6 is 0 Å². The average molecular weight is 359 g/mol. The third-order valence-electron chi connectivity index (χ3n) is 6.43. The number of nitrogens with zero attached hydrogens (tertiary/aromatic N) is 3. The van der Waals surface area contributed by atoms with Gasteiger partial charge in [0.1, 0.15) is 5.76 Å². The van der Waals surface area contributed by atoms with Gasteiger partial charge in [0, 0.05) is 31.7 Å². The number of hydrogen-bond donors (Lipinski definition) is 0. The number of piperazine rings is 1. The first-order chi connectivity index (χ1) is 12.6.